The largest absolute Gasteiger partial charge is 0.397 e. The number of halogens is 1. The number of rotatable bonds is 2. The fourth-order valence-electron chi connectivity index (χ4n) is 1.90. The first kappa shape index (κ1) is 11.2. The standard InChI is InChI=1S/C12H17FN2O/c1-8-5-12(11(14)6-10(8)13)15-9-3-2-4-16-7-9/h5-6,9,15H,2-4,7,14H2,1H3. The summed E-state index contributed by atoms with van der Waals surface area (Å²) in [4.78, 5) is 0. The topological polar surface area (TPSA) is 47.3 Å². The van der Waals surface area contributed by atoms with Gasteiger partial charge in [-0.1, -0.05) is 0 Å². The number of hydrogen-bond acceptors (Lipinski definition) is 3. The summed E-state index contributed by atoms with van der Waals surface area (Å²) in [5.41, 5.74) is 7.62. The third kappa shape index (κ3) is 2.44. The van der Waals surface area contributed by atoms with Crippen molar-refractivity contribution in [2.24, 2.45) is 0 Å². The molecule has 1 saturated heterocycles. The number of nitrogen functional groups attached to an aromatic ring is 1. The van der Waals surface area contributed by atoms with E-state index in [-0.39, 0.29) is 11.9 Å². The Morgan fingerprint density at radius 1 is 1.50 bits per heavy atom. The monoisotopic (exact) mass is 224 g/mol. The van der Waals surface area contributed by atoms with Crippen molar-refractivity contribution in [2.45, 2.75) is 25.8 Å². The van der Waals surface area contributed by atoms with Crippen LogP contribution in [0.2, 0.25) is 0 Å². The van der Waals surface area contributed by atoms with Crippen molar-refractivity contribution < 1.29 is 9.13 Å². The van der Waals surface area contributed by atoms with E-state index in [1.807, 2.05) is 0 Å². The van der Waals surface area contributed by atoms with E-state index in [0.29, 0.717) is 17.9 Å². The van der Waals surface area contributed by atoms with E-state index in [4.69, 9.17) is 10.5 Å². The quantitative estimate of drug-likeness (QED) is 0.758. The van der Waals surface area contributed by atoms with Crippen molar-refractivity contribution >= 4 is 11.4 Å². The zero-order valence-electron chi connectivity index (χ0n) is 9.42. The van der Waals surface area contributed by atoms with Crippen molar-refractivity contribution in [2.75, 3.05) is 24.3 Å². The van der Waals surface area contributed by atoms with Crippen LogP contribution in [-0.4, -0.2) is 19.3 Å². The van der Waals surface area contributed by atoms with Gasteiger partial charge in [0.05, 0.1) is 18.0 Å². The molecule has 2 rings (SSSR count). The van der Waals surface area contributed by atoms with Crippen molar-refractivity contribution in [1.29, 1.82) is 0 Å². The van der Waals surface area contributed by atoms with Gasteiger partial charge in [-0.3, -0.25) is 0 Å². The molecular weight excluding hydrogens is 207 g/mol. The maximum atomic E-state index is 13.2. The first-order valence-electron chi connectivity index (χ1n) is 5.56. The molecule has 0 spiro atoms. The predicted molar refractivity (Wildman–Crippen MR) is 63.0 cm³/mol. The van der Waals surface area contributed by atoms with Gasteiger partial charge >= 0.3 is 0 Å². The summed E-state index contributed by atoms with van der Waals surface area (Å²) in [5.74, 6) is -0.261. The van der Waals surface area contributed by atoms with Gasteiger partial charge in [0.1, 0.15) is 5.82 Å². The van der Waals surface area contributed by atoms with Gasteiger partial charge in [-0.05, 0) is 37.5 Å². The molecule has 88 valence electrons. The van der Waals surface area contributed by atoms with Gasteiger partial charge in [-0.25, -0.2) is 4.39 Å². The lowest BCUT2D eigenvalue weighted by atomic mass is 10.1. The molecule has 1 aromatic rings. The summed E-state index contributed by atoms with van der Waals surface area (Å²) in [6.07, 6.45) is 2.12. The lowest BCUT2D eigenvalue weighted by Gasteiger charge is -2.25. The molecule has 0 radical (unpaired) electrons. The SMILES string of the molecule is Cc1cc(NC2CCCOC2)c(N)cc1F. The molecule has 1 aliphatic rings. The average Bonchev–Trinajstić information content (AvgIpc) is 2.27. The molecule has 1 atom stereocenters. The van der Waals surface area contributed by atoms with Crippen LogP contribution in [0.1, 0.15) is 18.4 Å². The van der Waals surface area contributed by atoms with Crippen molar-refractivity contribution in [3.8, 4) is 0 Å². The van der Waals surface area contributed by atoms with Crippen LogP contribution in [0.5, 0.6) is 0 Å². The zero-order chi connectivity index (χ0) is 11.5. The Kier molecular flexibility index (Phi) is 3.29. The first-order chi connectivity index (χ1) is 7.66. The molecule has 0 aromatic heterocycles. The van der Waals surface area contributed by atoms with E-state index in [0.717, 1.165) is 25.1 Å². The van der Waals surface area contributed by atoms with Gasteiger partial charge < -0.3 is 15.8 Å². The highest BCUT2D eigenvalue weighted by Crippen LogP contribution is 2.24. The minimum Gasteiger partial charge on any atom is -0.397 e. The van der Waals surface area contributed by atoms with Gasteiger partial charge in [-0.2, -0.15) is 0 Å². The van der Waals surface area contributed by atoms with Crippen LogP contribution in [0.25, 0.3) is 0 Å². The molecule has 3 nitrogen and oxygen atoms in total. The number of benzene rings is 1. The second kappa shape index (κ2) is 4.70. The van der Waals surface area contributed by atoms with Gasteiger partial charge in [0.25, 0.3) is 0 Å². The number of hydrogen-bond donors (Lipinski definition) is 2. The summed E-state index contributed by atoms with van der Waals surface area (Å²) >= 11 is 0. The lowest BCUT2D eigenvalue weighted by Crippen LogP contribution is -2.30. The lowest BCUT2D eigenvalue weighted by molar-refractivity contribution is 0.0876. The van der Waals surface area contributed by atoms with E-state index >= 15 is 0 Å². The minimum absolute atomic E-state index is 0.261. The van der Waals surface area contributed by atoms with Gasteiger partial charge in [0.2, 0.25) is 0 Å². The minimum atomic E-state index is -0.261. The van der Waals surface area contributed by atoms with E-state index < -0.39 is 0 Å². The van der Waals surface area contributed by atoms with E-state index in [1.165, 1.54) is 6.07 Å². The van der Waals surface area contributed by atoms with Gasteiger partial charge in [0.15, 0.2) is 0 Å². The zero-order valence-corrected chi connectivity index (χ0v) is 9.42. The Bertz CT molecular complexity index is 376. The number of nitrogens with one attached hydrogen (secondary N) is 1. The summed E-state index contributed by atoms with van der Waals surface area (Å²) in [6.45, 7) is 3.25. The molecule has 0 saturated carbocycles. The molecule has 1 fully saturated rings. The molecule has 1 aromatic carbocycles. The molecule has 16 heavy (non-hydrogen) atoms. The second-order valence-corrected chi connectivity index (χ2v) is 4.25. The van der Waals surface area contributed by atoms with E-state index in [9.17, 15) is 4.39 Å². The number of nitrogens with two attached hydrogens (primary N) is 1. The molecule has 1 heterocycles. The molecule has 3 N–H and O–H groups in total. The first-order valence-corrected chi connectivity index (χ1v) is 5.56. The van der Waals surface area contributed by atoms with Crippen LogP contribution in [-0.2, 0) is 4.74 Å². The predicted octanol–water partition coefficient (Wildman–Crippen LogP) is 2.31. The van der Waals surface area contributed by atoms with Crippen molar-refractivity contribution in [3.63, 3.8) is 0 Å². The Hall–Kier alpha value is -1.29. The van der Waals surface area contributed by atoms with Crippen LogP contribution < -0.4 is 11.1 Å². The molecule has 0 bridgehead atoms. The number of ether oxygens (including phenoxy) is 1. The smallest absolute Gasteiger partial charge is 0.128 e. The normalized spacial score (nSPS) is 20.8. The molecule has 1 unspecified atom stereocenters. The van der Waals surface area contributed by atoms with Crippen LogP contribution in [0.3, 0.4) is 0 Å². The molecule has 0 amide bonds. The highest BCUT2D eigenvalue weighted by molar-refractivity contribution is 5.67. The van der Waals surface area contributed by atoms with Crippen LogP contribution in [0, 0.1) is 12.7 Å². The van der Waals surface area contributed by atoms with Crippen LogP contribution in [0.4, 0.5) is 15.8 Å². The van der Waals surface area contributed by atoms with E-state index in [1.54, 1.807) is 13.0 Å². The average molecular weight is 224 g/mol. The van der Waals surface area contributed by atoms with Crippen LogP contribution in [0.15, 0.2) is 12.1 Å². The highest BCUT2D eigenvalue weighted by Gasteiger charge is 2.15. The Balaban J connectivity index is 2.11. The molecule has 0 aliphatic carbocycles. The summed E-state index contributed by atoms with van der Waals surface area (Å²) in [6, 6.07) is 3.39. The number of anilines is 2. The Morgan fingerprint density at radius 2 is 2.31 bits per heavy atom. The molecule has 1 aliphatic heterocycles. The molecule has 4 heteroatoms. The fourth-order valence-corrected chi connectivity index (χ4v) is 1.90. The fraction of sp³-hybridized carbons (Fsp3) is 0.500. The van der Waals surface area contributed by atoms with Gasteiger partial charge in [0, 0.05) is 12.6 Å². The third-order valence-electron chi connectivity index (χ3n) is 2.85. The summed E-state index contributed by atoms with van der Waals surface area (Å²) in [7, 11) is 0. The molecular formula is C12H17FN2O. The van der Waals surface area contributed by atoms with Gasteiger partial charge in [-0.15, -0.1) is 0 Å². The summed E-state index contributed by atoms with van der Waals surface area (Å²) in [5, 5.41) is 3.30. The van der Waals surface area contributed by atoms with E-state index in [2.05, 4.69) is 5.32 Å². The Morgan fingerprint density at radius 3 is 3.00 bits per heavy atom. The maximum absolute atomic E-state index is 13.2. The highest BCUT2D eigenvalue weighted by atomic mass is 19.1. The second-order valence-electron chi connectivity index (χ2n) is 4.25. The van der Waals surface area contributed by atoms with Crippen LogP contribution >= 0.6 is 0 Å². The van der Waals surface area contributed by atoms with Crippen molar-refractivity contribution in [1.82, 2.24) is 0 Å². The Labute approximate surface area is 94.8 Å². The third-order valence-corrected chi connectivity index (χ3v) is 2.85. The maximum Gasteiger partial charge on any atom is 0.128 e. The van der Waals surface area contributed by atoms with Crippen molar-refractivity contribution in [3.05, 3.63) is 23.5 Å². The number of aryl methyl sites for hydroxylation is 1. The summed E-state index contributed by atoms with van der Waals surface area (Å²) < 4.78 is 18.6.